The number of nitrogens with zero attached hydrogens (tertiary/aromatic N) is 3. The summed E-state index contributed by atoms with van der Waals surface area (Å²) in [4.78, 5) is 46.9. The second-order valence-electron chi connectivity index (χ2n) is 13.0. The molecule has 10 heteroatoms. The Balaban J connectivity index is 1.42. The van der Waals surface area contributed by atoms with Gasteiger partial charge in [-0.1, -0.05) is 44.0 Å². The largest absolute Gasteiger partial charge is 0.355 e. The van der Waals surface area contributed by atoms with E-state index >= 15 is 0 Å². The van der Waals surface area contributed by atoms with Crippen LogP contribution in [0.4, 0.5) is 5.95 Å². The Morgan fingerprint density at radius 1 is 1.02 bits per heavy atom. The molecular formula is C33H37Cl2N5O3. The first-order valence-electron chi connectivity index (χ1n) is 14.9. The van der Waals surface area contributed by atoms with Crippen LogP contribution in [0.15, 0.2) is 47.3 Å². The van der Waals surface area contributed by atoms with E-state index in [0.717, 1.165) is 12.8 Å². The molecular weight excluding hydrogens is 585 g/mol. The quantitative estimate of drug-likeness (QED) is 0.358. The molecule has 8 nitrogen and oxygen atoms in total. The van der Waals surface area contributed by atoms with Gasteiger partial charge in [0.2, 0.25) is 5.95 Å². The second kappa shape index (κ2) is 10.7. The first-order chi connectivity index (χ1) is 20.4. The average Bonchev–Trinajstić information content (AvgIpc) is 3.32. The predicted octanol–water partition coefficient (Wildman–Crippen LogP) is 6.11. The summed E-state index contributed by atoms with van der Waals surface area (Å²) in [6.07, 6.45) is 3.69. The van der Waals surface area contributed by atoms with E-state index in [4.69, 9.17) is 28.2 Å². The van der Waals surface area contributed by atoms with Crippen LogP contribution in [0.1, 0.15) is 78.9 Å². The van der Waals surface area contributed by atoms with Gasteiger partial charge in [-0.05, 0) is 91.8 Å². The minimum absolute atomic E-state index is 0.0452. The number of carbonyl (C=O) groups is 2. The van der Waals surface area contributed by atoms with E-state index in [9.17, 15) is 14.4 Å². The molecule has 2 amide bonds. The van der Waals surface area contributed by atoms with Crippen molar-refractivity contribution in [3.63, 3.8) is 0 Å². The van der Waals surface area contributed by atoms with Crippen LogP contribution >= 0.6 is 23.2 Å². The summed E-state index contributed by atoms with van der Waals surface area (Å²) in [5, 5.41) is 7.05. The van der Waals surface area contributed by atoms with E-state index < -0.39 is 0 Å². The van der Waals surface area contributed by atoms with Crippen molar-refractivity contribution in [3.05, 3.63) is 85.2 Å². The van der Waals surface area contributed by atoms with Crippen molar-refractivity contribution in [1.82, 2.24) is 19.8 Å². The van der Waals surface area contributed by atoms with Gasteiger partial charge in [0.1, 0.15) is 0 Å². The monoisotopic (exact) mass is 621 g/mol. The highest BCUT2D eigenvalue weighted by Gasteiger charge is 2.61. The minimum Gasteiger partial charge on any atom is -0.355 e. The van der Waals surface area contributed by atoms with Gasteiger partial charge in [0.15, 0.2) is 0 Å². The van der Waals surface area contributed by atoms with Crippen molar-refractivity contribution < 1.29 is 9.59 Å². The SMILES string of the molecule is CNC(=O)c1ccc(-n2c(N[C@H]3C[C@H]4CC[C@]3(C)C4(C)C)nc3c(c2=O)C[C@@H](C)N(C(=O)c2ccc(Cl)c(Cl)c2)C3)cc1. The van der Waals surface area contributed by atoms with Crippen LogP contribution in [0.25, 0.3) is 5.69 Å². The summed E-state index contributed by atoms with van der Waals surface area (Å²) in [5.41, 5.74) is 2.79. The number of amides is 2. The highest BCUT2D eigenvalue weighted by molar-refractivity contribution is 6.42. The van der Waals surface area contributed by atoms with Crippen molar-refractivity contribution >= 4 is 41.0 Å². The normalized spacial score (nSPS) is 25.4. The Kier molecular flexibility index (Phi) is 7.37. The molecule has 43 heavy (non-hydrogen) atoms. The van der Waals surface area contributed by atoms with E-state index in [1.165, 1.54) is 6.42 Å². The van der Waals surface area contributed by atoms with Gasteiger partial charge in [-0.2, -0.15) is 0 Å². The summed E-state index contributed by atoms with van der Waals surface area (Å²) < 4.78 is 1.64. The summed E-state index contributed by atoms with van der Waals surface area (Å²) in [5.74, 6) is 0.671. The number of fused-ring (bicyclic) bond motifs is 3. The highest BCUT2D eigenvalue weighted by Crippen LogP contribution is 2.65. The molecule has 3 aliphatic rings. The van der Waals surface area contributed by atoms with E-state index in [1.807, 2.05) is 6.92 Å². The van der Waals surface area contributed by atoms with E-state index in [2.05, 4.69) is 31.4 Å². The van der Waals surface area contributed by atoms with Crippen LogP contribution < -0.4 is 16.2 Å². The minimum atomic E-state index is -0.239. The van der Waals surface area contributed by atoms with Gasteiger partial charge in [-0.25, -0.2) is 9.55 Å². The number of nitrogens with one attached hydrogen (secondary N) is 2. The van der Waals surface area contributed by atoms with Crippen LogP contribution in [0, 0.1) is 16.7 Å². The van der Waals surface area contributed by atoms with Crippen LogP contribution in [0.3, 0.4) is 0 Å². The third-order valence-corrected chi connectivity index (χ3v) is 11.5. The first-order valence-corrected chi connectivity index (χ1v) is 15.6. The van der Waals surface area contributed by atoms with Crippen molar-refractivity contribution in [2.45, 2.75) is 72.0 Å². The molecule has 1 aromatic heterocycles. The van der Waals surface area contributed by atoms with Crippen LogP contribution in [0.2, 0.25) is 10.0 Å². The zero-order chi connectivity index (χ0) is 30.8. The van der Waals surface area contributed by atoms with Crippen molar-refractivity contribution in [2.24, 2.45) is 16.7 Å². The van der Waals surface area contributed by atoms with Crippen molar-refractivity contribution in [3.8, 4) is 5.69 Å². The molecule has 2 fully saturated rings. The van der Waals surface area contributed by atoms with Gasteiger partial charge in [-0.3, -0.25) is 14.4 Å². The maximum atomic E-state index is 14.3. The lowest BCUT2D eigenvalue weighted by molar-refractivity contribution is 0.0653. The number of rotatable bonds is 5. The fraction of sp³-hybridized carbons (Fsp3) is 0.455. The Hall–Kier alpha value is -3.36. The van der Waals surface area contributed by atoms with Gasteiger partial charge in [0, 0.05) is 35.8 Å². The molecule has 226 valence electrons. The number of benzene rings is 2. The first kappa shape index (κ1) is 29.7. The molecule has 0 unspecified atom stereocenters. The molecule has 2 aliphatic carbocycles. The molecule has 2 aromatic carbocycles. The topological polar surface area (TPSA) is 96.3 Å². The van der Waals surface area contributed by atoms with E-state index in [0.29, 0.717) is 56.4 Å². The van der Waals surface area contributed by atoms with E-state index in [1.54, 1.807) is 59.0 Å². The molecule has 3 aromatic rings. The third kappa shape index (κ3) is 4.74. The Bertz CT molecular complexity index is 1680. The van der Waals surface area contributed by atoms with Crippen LogP contribution in [-0.4, -0.2) is 45.4 Å². The number of anilines is 1. The Morgan fingerprint density at radius 2 is 1.72 bits per heavy atom. The Labute approximate surface area is 261 Å². The molecule has 6 rings (SSSR count). The van der Waals surface area contributed by atoms with Gasteiger partial charge < -0.3 is 15.5 Å². The van der Waals surface area contributed by atoms with Gasteiger partial charge >= 0.3 is 0 Å². The number of halogens is 2. The lowest BCUT2D eigenvalue weighted by atomic mass is 9.69. The highest BCUT2D eigenvalue weighted by atomic mass is 35.5. The third-order valence-electron chi connectivity index (χ3n) is 10.8. The number of hydrogen-bond donors (Lipinski definition) is 2. The van der Waals surface area contributed by atoms with Crippen molar-refractivity contribution in [2.75, 3.05) is 12.4 Å². The number of carbonyl (C=O) groups excluding carboxylic acids is 2. The summed E-state index contributed by atoms with van der Waals surface area (Å²) in [6, 6.07) is 11.7. The van der Waals surface area contributed by atoms with Crippen LogP contribution in [-0.2, 0) is 13.0 Å². The lowest BCUT2D eigenvalue weighted by Gasteiger charge is -2.40. The average molecular weight is 623 g/mol. The summed E-state index contributed by atoms with van der Waals surface area (Å²) >= 11 is 12.3. The number of hydrogen-bond acceptors (Lipinski definition) is 5. The molecule has 2 saturated carbocycles. The molecule has 2 heterocycles. The smallest absolute Gasteiger partial charge is 0.263 e. The molecule has 0 saturated heterocycles. The predicted molar refractivity (Wildman–Crippen MR) is 169 cm³/mol. The molecule has 4 atom stereocenters. The van der Waals surface area contributed by atoms with Gasteiger partial charge in [0.05, 0.1) is 28.0 Å². The Morgan fingerprint density at radius 3 is 2.33 bits per heavy atom. The fourth-order valence-electron chi connectivity index (χ4n) is 7.55. The maximum absolute atomic E-state index is 14.3. The summed E-state index contributed by atoms with van der Waals surface area (Å²) in [6.45, 7) is 9.18. The maximum Gasteiger partial charge on any atom is 0.263 e. The number of aromatic nitrogens is 2. The van der Waals surface area contributed by atoms with E-state index in [-0.39, 0.29) is 46.8 Å². The standard InChI is InChI=1S/C33H37Cl2N5O3/c1-18-14-23-26(17-39(18)29(42)20-8-11-24(34)25(35)15-20)37-31(38-27-16-21-12-13-33(27,4)32(21,2)3)40(30(23)43)22-9-6-19(7-10-22)28(41)36-5/h6-11,15,18,21,27H,12-14,16-17H2,1-5H3,(H,36,41)(H,37,38)/t18-,21-,27+,33+/m1/s1. The molecule has 1 aliphatic heterocycles. The molecule has 2 bridgehead atoms. The summed E-state index contributed by atoms with van der Waals surface area (Å²) in [7, 11) is 1.59. The second-order valence-corrected chi connectivity index (χ2v) is 13.9. The zero-order valence-electron chi connectivity index (χ0n) is 25.1. The lowest BCUT2D eigenvalue weighted by Crippen LogP contribution is -2.47. The molecule has 0 radical (unpaired) electrons. The molecule has 0 spiro atoms. The molecule has 2 N–H and O–H groups in total. The van der Waals surface area contributed by atoms with Crippen molar-refractivity contribution in [1.29, 1.82) is 0 Å². The fourth-order valence-corrected chi connectivity index (χ4v) is 7.84. The zero-order valence-corrected chi connectivity index (χ0v) is 26.6. The van der Waals surface area contributed by atoms with Gasteiger partial charge in [-0.15, -0.1) is 0 Å². The van der Waals surface area contributed by atoms with Gasteiger partial charge in [0.25, 0.3) is 17.4 Å². The van der Waals surface area contributed by atoms with Crippen LogP contribution in [0.5, 0.6) is 0 Å².